The van der Waals surface area contributed by atoms with Gasteiger partial charge in [-0.05, 0) is 57.9 Å². The average Bonchev–Trinajstić information content (AvgIpc) is 3.20. The number of hydrogen-bond donors (Lipinski definition) is 3. The van der Waals surface area contributed by atoms with E-state index >= 15 is 0 Å². The number of unbranched alkanes of at least 4 members (excludes halogenated alkanes) is 33. The van der Waals surface area contributed by atoms with Crippen LogP contribution in [0.3, 0.4) is 0 Å². The molecule has 0 heterocycles. The summed E-state index contributed by atoms with van der Waals surface area (Å²) >= 11 is 0. The van der Waals surface area contributed by atoms with E-state index in [4.69, 9.17) is 10.5 Å². The zero-order chi connectivity index (χ0) is 41.7. The maximum absolute atomic E-state index is 12.9. The number of ether oxygens (including phenoxy) is 1. The molecule has 0 spiro atoms. The normalized spacial score (nSPS) is 12.5. The summed E-state index contributed by atoms with van der Waals surface area (Å²) in [6.07, 6.45) is 50.2. The lowest BCUT2D eigenvalue weighted by Crippen LogP contribution is -2.40. The monoisotopic (exact) mass is 807 g/mol. The summed E-state index contributed by atoms with van der Waals surface area (Å²) in [4.78, 5) is 36.5. The Kier molecular flexibility index (Phi) is 44.2. The topological polar surface area (TPSA) is 119 Å². The Morgan fingerprint density at radius 2 is 0.754 bits per heavy atom. The molecule has 4 N–H and O–H groups in total. The summed E-state index contributed by atoms with van der Waals surface area (Å²) in [6, 6.07) is -0.852. The lowest BCUT2D eigenvalue weighted by Gasteiger charge is -2.18. The molecule has 0 bridgehead atoms. The quantitative estimate of drug-likeness (QED) is 0.0416. The molecule has 0 aromatic heterocycles. The Balaban J connectivity index is 4.18. The highest BCUT2D eigenvalue weighted by atomic mass is 16.5. The zero-order valence-electron chi connectivity index (χ0n) is 38.2. The second-order valence-corrected chi connectivity index (χ2v) is 17.6. The number of nitrogens with one attached hydrogen (secondary N) is 1. The van der Waals surface area contributed by atoms with Crippen molar-refractivity contribution in [2.24, 2.45) is 5.73 Å². The van der Waals surface area contributed by atoms with Crippen LogP contribution in [0.4, 0.5) is 0 Å². The molecule has 0 saturated heterocycles. The third-order valence-electron chi connectivity index (χ3n) is 11.9. The fourth-order valence-electron chi connectivity index (χ4n) is 8.10. The van der Waals surface area contributed by atoms with E-state index < -0.39 is 12.0 Å². The molecule has 7 heteroatoms. The van der Waals surface area contributed by atoms with Crippen LogP contribution in [0.2, 0.25) is 0 Å². The molecule has 57 heavy (non-hydrogen) atoms. The fourth-order valence-corrected chi connectivity index (χ4v) is 8.10. The van der Waals surface area contributed by atoms with E-state index in [1.54, 1.807) is 0 Å². The summed E-state index contributed by atoms with van der Waals surface area (Å²) in [6.45, 7) is 4.98. The molecule has 0 aliphatic rings. The first-order valence-corrected chi connectivity index (χ1v) is 25.4. The Morgan fingerprint density at radius 3 is 1.09 bits per heavy atom. The number of nitrogens with two attached hydrogens (primary N) is 1. The molecule has 0 saturated carbocycles. The van der Waals surface area contributed by atoms with E-state index in [0.717, 1.165) is 64.2 Å². The van der Waals surface area contributed by atoms with Crippen LogP contribution < -0.4 is 11.1 Å². The van der Waals surface area contributed by atoms with Crippen LogP contribution in [0, 0.1) is 0 Å². The van der Waals surface area contributed by atoms with E-state index in [-0.39, 0.29) is 18.0 Å². The number of rotatable bonds is 47. The van der Waals surface area contributed by atoms with Gasteiger partial charge >= 0.3 is 11.9 Å². The van der Waals surface area contributed by atoms with Gasteiger partial charge in [-0.2, -0.15) is 0 Å². The van der Waals surface area contributed by atoms with E-state index in [0.29, 0.717) is 32.2 Å². The van der Waals surface area contributed by atoms with Crippen molar-refractivity contribution in [2.75, 3.05) is 6.54 Å². The number of hydrogen-bond acceptors (Lipinski definition) is 5. The summed E-state index contributed by atoms with van der Waals surface area (Å²) in [5, 5.41) is 12.0. The maximum atomic E-state index is 12.9. The number of amides is 1. The lowest BCUT2D eigenvalue weighted by molar-refractivity contribution is -0.150. The zero-order valence-corrected chi connectivity index (χ0v) is 38.2. The highest BCUT2D eigenvalue weighted by Gasteiger charge is 2.19. The van der Waals surface area contributed by atoms with Gasteiger partial charge in [0.1, 0.15) is 12.1 Å². The van der Waals surface area contributed by atoms with Crippen molar-refractivity contribution in [1.82, 2.24) is 5.32 Å². The van der Waals surface area contributed by atoms with Crippen molar-refractivity contribution in [3.05, 3.63) is 0 Å². The van der Waals surface area contributed by atoms with Crippen molar-refractivity contribution in [3.63, 3.8) is 0 Å². The molecule has 0 aromatic rings. The van der Waals surface area contributed by atoms with Gasteiger partial charge in [-0.25, -0.2) is 4.79 Å². The average molecular weight is 807 g/mol. The summed E-state index contributed by atoms with van der Waals surface area (Å²) in [5.74, 6) is -1.21. The van der Waals surface area contributed by atoms with Crippen LogP contribution in [-0.4, -0.2) is 41.6 Å². The molecule has 2 unspecified atom stereocenters. The van der Waals surface area contributed by atoms with Crippen LogP contribution in [0.15, 0.2) is 0 Å². The highest BCUT2D eigenvalue weighted by molar-refractivity contribution is 5.83. The maximum Gasteiger partial charge on any atom is 0.326 e. The summed E-state index contributed by atoms with van der Waals surface area (Å²) < 4.78 is 6.08. The number of carbonyl (C=O) groups excluding carboxylic acids is 2. The van der Waals surface area contributed by atoms with E-state index in [1.807, 2.05) is 0 Å². The van der Waals surface area contributed by atoms with Gasteiger partial charge in [0.2, 0.25) is 5.91 Å². The minimum atomic E-state index is -0.999. The fraction of sp³-hybridized carbons (Fsp3) is 0.940. The molecule has 1 amide bonds. The Hall–Kier alpha value is -1.63. The predicted molar refractivity (Wildman–Crippen MR) is 244 cm³/mol. The molecule has 0 fully saturated rings. The Morgan fingerprint density at radius 1 is 0.439 bits per heavy atom. The smallest absolute Gasteiger partial charge is 0.326 e. The van der Waals surface area contributed by atoms with Crippen LogP contribution in [0.1, 0.15) is 284 Å². The standard InChI is InChI=1S/C50H98N2O5/c1-3-5-7-9-11-13-15-17-18-19-20-21-22-23-25-27-29-34-38-44-49(54)57-46(40-35-31-28-26-24-16-14-12-10-8-6-4-2)41-36-32-30-33-37-43-48(53)52-47(50(55)56)42-39-45-51/h46-47H,3-45,51H2,1-2H3,(H,52,53)(H,55,56). The number of carboxylic acid groups (broad SMARTS) is 1. The number of esters is 1. The number of aliphatic carboxylic acids is 1. The van der Waals surface area contributed by atoms with Gasteiger partial charge < -0.3 is 20.9 Å². The van der Waals surface area contributed by atoms with Crippen molar-refractivity contribution in [1.29, 1.82) is 0 Å². The van der Waals surface area contributed by atoms with Gasteiger partial charge in [-0.1, -0.05) is 219 Å². The van der Waals surface area contributed by atoms with Gasteiger partial charge in [0.25, 0.3) is 0 Å². The van der Waals surface area contributed by atoms with E-state index in [9.17, 15) is 19.5 Å². The summed E-state index contributed by atoms with van der Waals surface area (Å²) in [7, 11) is 0. The SMILES string of the molecule is CCCCCCCCCCCCCCCCCCCCCC(=O)OC(CCCCCCCCCCCCCC)CCCCCCCC(=O)NC(CCCN)C(=O)O. The highest BCUT2D eigenvalue weighted by Crippen LogP contribution is 2.20. The third-order valence-corrected chi connectivity index (χ3v) is 11.9. The van der Waals surface area contributed by atoms with Gasteiger partial charge in [-0.3, -0.25) is 9.59 Å². The van der Waals surface area contributed by atoms with Gasteiger partial charge in [0.15, 0.2) is 0 Å². The Bertz CT molecular complexity index is 868. The number of carboxylic acids is 1. The second-order valence-electron chi connectivity index (χ2n) is 17.6. The van der Waals surface area contributed by atoms with E-state index in [1.165, 1.54) is 180 Å². The Labute approximate surface area is 354 Å². The molecule has 2 atom stereocenters. The molecule has 0 rings (SSSR count). The minimum absolute atomic E-state index is 0.0111. The first-order chi connectivity index (χ1) is 27.9. The molecular formula is C50H98N2O5. The molecule has 7 nitrogen and oxygen atoms in total. The molecule has 0 aromatic carbocycles. The third kappa shape index (κ3) is 42.3. The van der Waals surface area contributed by atoms with Crippen LogP contribution >= 0.6 is 0 Å². The molecule has 0 aliphatic carbocycles. The lowest BCUT2D eigenvalue weighted by atomic mass is 10.0. The molecule has 0 radical (unpaired) electrons. The van der Waals surface area contributed by atoms with Crippen LogP contribution in [0.5, 0.6) is 0 Å². The van der Waals surface area contributed by atoms with E-state index in [2.05, 4.69) is 19.2 Å². The van der Waals surface area contributed by atoms with Gasteiger partial charge in [-0.15, -0.1) is 0 Å². The van der Waals surface area contributed by atoms with Crippen molar-refractivity contribution < 1.29 is 24.2 Å². The molecular weight excluding hydrogens is 709 g/mol. The second kappa shape index (κ2) is 45.5. The van der Waals surface area contributed by atoms with Crippen molar-refractivity contribution >= 4 is 17.8 Å². The largest absolute Gasteiger partial charge is 0.480 e. The molecule has 338 valence electrons. The first-order valence-electron chi connectivity index (χ1n) is 25.4. The summed E-state index contributed by atoms with van der Waals surface area (Å²) in [5.41, 5.74) is 5.50. The van der Waals surface area contributed by atoms with Gasteiger partial charge in [0.05, 0.1) is 0 Å². The van der Waals surface area contributed by atoms with Crippen LogP contribution in [0.25, 0.3) is 0 Å². The van der Waals surface area contributed by atoms with Crippen LogP contribution in [-0.2, 0) is 19.1 Å². The van der Waals surface area contributed by atoms with Crippen molar-refractivity contribution in [2.45, 2.75) is 296 Å². The number of carbonyl (C=O) groups is 3. The minimum Gasteiger partial charge on any atom is -0.480 e. The predicted octanol–water partition coefficient (Wildman–Crippen LogP) is 14.9. The first kappa shape index (κ1) is 55.4. The van der Waals surface area contributed by atoms with Crippen molar-refractivity contribution in [3.8, 4) is 0 Å². The molecule has 0 aliphatic heterocycles. The van der Waals surface area contributed by atoms with Gasteiger partial charge in [0, 0.05) is 12.8 Å².